The normalized spacial score (nSPS) is 29.2. The summed E-state index contributed by atoms with van der Waals surface area (Å²) in [5.41, 5.74) is 0.0150. The molecule has 3 heteroatoms. The van der Waals surface area contributed by atoms with Crippen LogP contribution in [-0.2, 0) is 9.59 Å². The third-order valence-corrected chi connectivity index (χ3v) is 6.76. The average molecular weight is 325 g/mol. The molecule has 0 unspecified atom stereocenters. The van der Waals surface area contributed by atoms with Gasteiger partial charge in [0.25, 0.3) is 0 Å². The molecule has 2 nitrogen and oxygen atoms in total. The first kappa shape index (κ1) is 13.5. The number of allylic oxidation sites excluding steroid dienone is 2. The number of Topliss-reactive ketones (excluding diaryl/α,β-unsaturated/α-hetero) is 1. The molecule has 0 radical (unpaired) electrons. The van der Waals surface area contributed by atoms with Gasteiger partial charge in [0, 0.05) is 10.1 Å². The smallest absolute Gasteiger partial charge is 0.154 e. The molecule has 0 N–H and O–H groups in total. The Hall–Kier alpha value is -0.440. The molecule has 0 amide bonds. The summed E-state index contributed by atoms with van der Waals surface area (Å²) in [7, 11) is 0. The lowest BCUT2D eigenvalue weighted by Gasteiger charge is -2.38. The topological polar surface area (TPSA) is 34.1 Å². The van der Waals surface area contributed by atoms with Crippen molar-refractivity contribution >= 4 is 28.0 Å². The molecule has 19 heavy (non-hydrogen) atoms. The highest BCUT2D eigenvalue weighted by molar-refractivity contribution is 9.11. The van der Waals surface area contributed by atoms with Gasteiger partial charge in [-0.2, -0.15) is 0 Å². The van der Waals surface area contributed by atoms with E-state index in [0.29, 0.717) is 5.78 Å². The number of rotatable bonds is 1. The Morgan fingerprint density at radius 2 is 1.32 bits per heavy atom. The average Bonchev–Trinajstić information content (AvgIpc) is 2.62. The first-order chi connectivity index (χ1) is 9.17. The molecule has 2 spiro atoms. The minimum Gasteiger partial charge on any atom is -0.298 e. The Balaban J connectivity index is 2.08. The zero-order valence-corrected chi connectivity index (χ0v) is 12.9. The molecule has 0 saturated heterocycles. The van der Waals surface area contributed by atoms with Gasteiger partial charge in [0.2, 0.25) is 0 Å². The summed E-state index contributed by atoms with van der Waals surface area (Å²) in [6.07, 6.45) is 11.4. The maximum absolute atomic E-state index is 13.2. The van der Waals surface area contributed by atoms with Crippen LogP contribution in [0, 0.1) is 10.8 Å². The van der Waals surface area contributed by atoms with Crippen LogP contribution in [0.5, 0.6) is 0 Å². The second-order valence-electron chi connectivity index (χ2n) is 6.46. The van der Waals surface area contributed by atoms with Crippen LogP contribution in [0.15, 0.2) is 10.1 Å². The molecular weight excluding hydrogens is 304 g/mol. The Bertz CT molecular complexity index is 438. The summed E-state index contributed by atoms with van der Waals surface area (Å²) in [5.74, 6) is 0.369. The van der Waals surface area contributed by atoms with E-state index in [1.165, 1.54) is 12.8 Å². The summed E-state index contributed by atoms with van der Waals surface area (Å²) in [6, 6.07) is 0. The van der Waals surface area contributed by atoms with Gasteiger partial charge in [0.15, 0.2) is 5.78 Å². The van der Waals surface area contributed by atoms with Crippen LogP contribution in [-0.4, -0.2) is 12.1 Å². The SMILES string of the molecule is O=CC1=C(Br)C2(CCCCC2)C(=O)C12CCCCC2. The lowest BCUT2D eigenvalue weighted by Crippen LogP contribution is -2.41. The molecular formula is C16H21BrO2. The first-order valence-corrected chi connectivity index (χ1v) is 8.37. The van der Waals surface area contributed by atoms with E-state index in [-0.39, 0.29) is 5.41 Å². The van der Waals surface area contributed by atoms with Crippen LogP contribution in [0.25, 0.3) is 0 Å². The summed E-state index contributed by atoms with van der Waals surface area (Å²) in [5, 5.41) is 0. The summed E-state index contributed by atoms with van der Waals surface area (Å²) in [6.45, 7) is 0. The number of aldehydes is 1. The minimum absolute atomic E-state index is 0.341. The van der Waals surface area contributed by atoms with Gasteiger partial charge in [0.1, 0.15) is 6.29 Å². The molecule has 0 aromatic rings. The molecule has 3 rings (SSSR count). The van der Waals surface area contributed by atoms with Crippen LogP contribution in [0.1, 0.15) is 64.2 Å². The Kier molecular flexibility index (Phi) is 3.45. The van der Waals surface area contributed by atoms with Crippen LogP contribution in [0.4, 0.5) is 0 Å². The third kappa shape index (κ3) is 1.73. The maximum Gasteiger partial charge on any atom is 0.154 e. The van der Waals surface area contributed by atoms with Gasteiger partial charge in [-0.3, -0.25) is 9.59 Å². The Morgan fingerprint density at radius 3 is 1.79 bits per heavy atom. The van der Waals surface area contributed by atoms with E-state index in [2.05, 4.69) is 15.9 Å². The van der Waals surface area contributed by atoms with E-state index < -0.39 is 5.41 Å². The van der Waals surface area contributed by atoms with Crippen LogP contribution >= 0.6 is 15.9 Å². The van der Waals surface area contributed by atoms with Crippen LogP contribution < -0.4 is 0 Å². The van der Waals surface area contributed by atoms with Gasteiger partial charge in [0.05, 0.1) is 10.8 Å². The van der Waals surface area contributed by atoms with E-state index in [9.17, 15) is 9.59 Å². The van der Waals surface area contributed by atoms with Crippen molar-refractivity contribution in [2.75, 3.05) is 0 Å². The maximum atomic E-state index is 13.2. The number of carbonyl (C=O) groups is 2. The fraction of sp³-hybridized carbons (Fsp3) is 0.750. The number of hydrogen-bond acceptors (Lipinski definition) is 2. The molecule has 2 fully saturated rings. The standard InChI is InChI=1S/C16H21BrO2/c17-13-12(11-18)15(7-3-1-4-8-15)14(19)16(13)9-5-2-6-10-16/h11H,1-10H2. The van der Waals surface area contributed by atoms with E-state index >= 15 is 0 Å². The van der Waals surface area contributed by atoms with E-state index in [0.717, 1.165) is 67.7 Å². The Labute approximate surface area is 123 Å². The summed E-state index contributed by atoms with van der Waals surface area (Å²) < 4.78 is 0.946. The van der Waals surface area contributed by atoms with Crippen molar-refractivity contribution < 1.29 is 9.59 Å². The van der Waals surface area contributed by atoms with Gasteiger partial charge in [-0.25, -0.2) is 0 Å². The van der Waals surface area contributed by atoms with Gasteiger partial charge in [-0.1, -0.05) is 54.5 Å². The van der Waals surface area contributed by atoms with Crippen molar-refractivity contribution in [3.05, 3.63) is 10.1 Å². The molecule has 104 valence electrons. The summed E-state index contributed by atoms with van der Waals surface area (Å²) in [4.78, 5) is 24.8. The minimum atomic E-state index is -0.434. The molecule has 0 heterocycles. The fourth-order valence-electron chi connectivity index (χ4n) is 4.57. The predicted octanol–water partition coefficient (Wildman–Crippen LogP) is 4.32. The van der Waals surface area contributed by atoms with E-state index in [1.54, 1.807) is 0 Å². The highest BCUT2D eigenvalue weighted by atomic mass is 79.9. The molecule has 0 aromatic carbocycles. The molecule has 0 bridgehead atoms. The second kappa shape index (κ2) is 4.83. The molecule has 0 aliphatic heterocycles. The number of halogens is 1. The number of ketones is 1. The van der Waals surface area contributed by atoms with Crippen molar-refractivity contribution in [1.29, 1.82) is 0 Å². The predicted molar refractivity (Wildman–Crippen MR) is 78.1 cm³/mol. The first-order valence-electron chi connectivity index (χ1n) is 7.58. The number of carbonyl (C=O) groups excluding carboxylic acids is 2. The van der Waals surface area contributed by atoms with Crippen LogP contribution in [0.3, 0.4) is 0 Å². The zero-order chi connectivity index (χ0) is 13.5. The van der Waals surface area contributed by atoms with Gasteiger partial charge in [-0.05, 0) is 25.7 Å². The third-order valence-electron chi connectivity index (χ3n) is 5.57. The van der Waals surface area contributed by atoms with Crippen molar-refractivity contribution in [2.24, 2.45) is 10.8 Å². The quantitative estimate of drug-likeness (QED) is 0.673. The van der Waals surface area contributed by atoms with Crippen molar-refractivity contribution in [3.63, 3.8) is 0 Å². The largest absolute Gasteiger partial charge is 0.298 e. The highest BCUT2D eigenvalue weighted by Gasteiger charge is 2.60. The van der Waals surface area contributed by atoms with Crippen LogP contribution in [0.2, 0.25) is 0 Å². The Morgan fingerprint density at radius 1 is 0.842 bits per heavy atom. The summed E-state index contributed by atoms with van der Waals surface area (Å²) >= 11 is 3.66. The van der Waals surface area contributed by atoms with Crippen molar-refractivity contribution in [1.82, 2.24) is 0 Å². The fourth-order valence-corrected chi connectivity index (χ4v) is 5.62. The lowest BCUT2D eigenvalue weighted by molar-refractivity contribution is -0.136. The molecule has 3 aliphatic rings. The molecule has 3 aliphatic carbocycles. The molecule has 0 aromatic heterocycles. The monoisotopic (exact) mass is 324 g/mol. The van der Waals surface area contributed by atoms with Crippen molar-refractivity contribution in [3.8, 4) is 0 Å². The van der Waals surface area contributed by atoms with E-state index in [1.807, 2.05) is 0 Å². The zero-order valence-electron chi connectivity index (χ0n) is 11.3. The molecule has 2 saturated carbocycles. The molecule has 0 atom stereocenters. The number of hydrogen-bond donors (Lipinski definition) is 0. The van der Waals surface area contributed by atoms with Gasteiger partial charge >= 0.3 is 0 Å². The van der Waals surface area contributed by atoms with Gasteiger partial charge in [-0.15, -0.1) is 0 Å². The van der Waals surface area contributed by atoms with Gasteiger partial charge < -0.3 is 0 Å². The highest BCUT2D eigenvalue weighted by Crippen LogP contribution is 2.62. The lowest BCUT2D eigenvalue weighted by atomic mass is 9.63. The van der Waals surface area contributed by atoms with E-state index in [4.69, 9.17) is 0 Å². The van der Waals surface area contributed by atoms with Crippen molar-refractivity contribution in [2.45, 2.75) is 64.2 Å². The second-order valence-corrected chi connectivity index (χ2v) is 7.25.